The van der Waals surface area contributed by atoms with Crippen molar-refractivity contribution in [1.82, 2.24) is 19.8 Å². The molecule has 1 saturated heterocycles. The molecule has 2 aromatic heterocycles. The van der Waals surface area contributed by atoms with Gasteiger partial charge in [-0.05, 0) is 25.8 Å². The molecule has 0 aliphatic carbocycles. The SMILES string of the molecule is Cc1cc2c(=O)n(CC(=O)NCC(=O)N3CCCC3)cnc2s1. The Morgan fingerprint density at radius 2 is 2.09 bits per heavy atom. The van der Waals surface area contributed by atoms with Gasteiger partial charge in [-0.25, -0.2) is 4.98 Å². The fourth-order valence-corrected chi connectivity index (χ4v) is 3.49. The molecular weight excluding hydrogens is 316 g/mol. The lowest BCUT2D eigenvalue weighted by molar-refractivity contribution is -0.132. The van der Waals surface area contributed by atoms with E-state index in [1.807, 2.05) is 6.92 Å². The number of amides is 2. The van der Waals surface area contributed by atoms with Gasteiger partial charge in [-0.3, -0.25) is 19.0 Å². The number of nitrogens with zero attached hydrogens (tertiary/aromatic N) is 3. The van der Waals surface area contributed by atoms with Crippen molar-refractivity contribution in [2.45, 2.75) is 26.3 Å². The summed E-state index contributed by atoms with van der Waals surface area (Å²) in [5.74, 6) is -0.446. The van der Waals surface area contributed by atoms with Crippen LogP contribution in [0, 0.1) is 6.92 Å². The summed E-state index contributed by atoms with van der Waals surface area (Å²) in [7, 11) is 0. The number of carbonyl (C=O) groups is 2. The molecular formula is C15H18N4O3S. The second-order valence-corrected chi connectivity index (χ2v) is 6.85. The first-order valence-corrected chi connectivity index (χ1v) is 8.36. The topological polar surface area (TPSA) is 84.3 Å². The van der Waals surface area contributed by atoms with E-state index in [0.29, 0.717) is 10.2 Å². The monoisotopic (exact) mass is 334 g/mol. The first-order valence-electron chi connectivity index (χ1n) is 7.54. The molecule has 7 nitrogen and oxygen atoms in total. The molecule has 122 valence electrons. The van der Waals surface area contributed by atoms with Gasteiger partial charge in [0.1, 0.15) is 11.4 Å². The van der Waals surface area contributed by atoms with E-state index in [4.69, 9.17) is 0 Å². The molecule has 3 heterocycles. The molecule has 1 aliphatic heterocycles. The van der Waals surface area contributed by atoms with Crippen molar-refractivity contribution in [3.8, 4) is 0 Å². The lowest BCUT2D eigenvalue weighted by Crippen LogP contribution is -2.40. The van der Waals surface area contributed by atoms with Gasteiger partial charge in [0.2, 0.25) is 11.8 Å². The average Bonchev–Trinajstić information content (AvgIpc) is 3.17. The number of rotatable bonds is 4. The van der Waals surface area contributed by atoms with E-state index in [2.05, 4.69) is 10.3 Å². The van der Waals surface area contributed by atoms with Crippen LogP contribution in [0.4, 0.5) is 0 Å². The largest absolute Gasteiger partial charge is 0.345 e. The van der Waals surface area contributed by atoms with Crippen molar-refractivity contribution in [1.29, 1.82) is 0 Å². The van der Waals surface area contributed by atoms with Crippen molar-refractivity contribution in [2.75, 3.05) is 19.6 Å². The molecule has 0 atom stereocenters. The van der Waals surface area contributed by atoms with Crippen molar-refractivity contribution in [3.63, 3.8) is 0 Å². The maximum atomic E-state index is 12.3. The predicted molar refractivity (Wildman–Crippen MR) is 87.4 cm³/mol. The van der Waals surface area contributed by atoms with Crippen LogP contribution in [0.1, 0.15) is 17.7 Å². The molecule has 8 heteroatoms. The highest BCUT2D eigenvalue weighted by Crippen LogP contribution is 2.19. The Balaban J connectivity index is 1.62. The van der Waals surface area contributed by atoms with Gasteiger partial charge in [0.25, 0.3) is 5.56 Å². The van der Waals surface area contributed by atoms with Crippen LogP contribution in [0.15, 0.2) is 17.2 Å². The molecule has 23 heavy (non-hydrogen) atoms. The molecule has 0 radical (unpaired) electrons. The Morgan fingerprint density at radius 1 is 1.35 bits per heavy atom. The molecule has 0 spiro atoms. The zero-order chi connectivity index (χ0) is 16.4. The minimum atomic E-state index is -0.368. The van der Waals surface area contributed by atoms with Gasteiger partial charge < -0.3 is 10.2 Å². The van der Waals surface area contributed by atoms with E-state index in [1.54, 1.807) is 11.0 Å². The summed E-state index contributed by atoms with van der Waals surface area (Å²) in [4.78, 5) is 43.8. The first-order chi connectivity index (χ1) is 11.0. The van der Waals surface area contributed by atoms with E-state index in [0.717, 1.165) is 30.8 Å². The normalized spacial score (nSPS) is 14.4. The molecule has 0 saturated carbocycles. The lowest BCUT2D eigenvalue weighted by Gasteiger charge is -2.15. The van der Waals surface area contributed by atoms with Crippen LogP contribution < -0.4 is 10.9 Å². The zero-order valence-electron chi connectivity index (χ0n) is 12.9. The van der Waals surface area contributed by atoms with Crippen molar-refractivity contribution < 1.29 is 9.59 Å². The zero-order valence-corrected chi connectivity index (χ0v) is 13.7. The van der Waals surface area contributed by atoms with Crippen molar-refractivity contribution in [3.05, 3.63) is 27.6 Å². The molecule has 1 aliphatic rings. The fourth-order valence-electron chi connectivity index (χ4n) is 2.66. The van der Waals surface area contributed by atoms with Crippen LogP contribution in [0.25, 0.3) is 10.2 Å². The number of aromatic nitrogens is 2. The van der Waals surface area contributed by atoms with Gasteiger partial charge in [0.05, 0.1) is 18.3 Å². The number of fused-ring (bicyclic) bond motifs is 1. The second-order valence-electron chi connectivity index (χ2n) is 5.62. The van der Waals surface area contributed by atoms with Crippen LogP contribution in [0.2, 0.25) is 0 Å². The number of likely N-dealkylation sites (tertiary alicyclic amines) is 1. The number of aryl methyl sites for hydroxylation is 1. The van der Waals surface area contributed by atoms with Crippen LogP contribution in [0.3, 0.4) is 0 Å². The van der Waals surface area contributed by atoms with Crippen LogP contribution in [-0.4, -0.2) is 45.9 Å². The molecule has 0 unspecified atom stereocenters. The first kappa shape index (κ1) is 15.7. The fraction of sp³-hybridized carbons (Fsp3) is 0.467. The minimum absolute atomic E-state index is 0.0270. The third-order valence-electron chi connectivity index (χ3n) is 3.85. The quantitative estimate of drug-likeness (QED) is 0.883. The van der Waals surface area contributed by atoms with Crippen LogP contribution >= 0.6 is 11.3 Å². The smallest absolute Gasteiger partial charge is 0.262 e. The number of thiophene rings is 1. The Labute approximate surface area is 136 Å². The van der Waals surface area contributed by atoms with E-state index in [-0.39, 0.29) is 30.5 Å². The third kappa shape index (κ3) is 3.42. The van der Waals surface area contributed by atoms with Crippen LogP contribution in [-0.2, 0) is 16.1 Å². The Kier molecular flexibility index (Phi) is 4.42. The summed E-state index contributed by atoms with van der Waals surface area (Å²) in [6.07, 6.45) is 3.41. The highest BCUT2D eigenvalue weighted by atomic mass is 32.1. The van der Waals surface area contributed by atoms with Gasteiger partial charge in [0, 0.05) is 18.0 Å². The van der Waals surface area contributed by atoms with Gasteiger partial charge >= 0.3 is 0 Å². The van der Waals surface area contributed by atoms with E-state index < -0.39 is 0 Å². The molecule has 0 bridgehead atoms. The Bertz CT molecular complexity index is 805. The van der Waals surface area contributed by atoms with Gasteiger partial charge in [0.15, 0.2) is 0 Å². The summed E-state index contributed by atoms with van der Waals surface area (Å²) in [6, 6.07) is 1.78. The number of nitrogens with one attached hydrogen (secondary N) is 1. The summed E-state index contributed by atoms with van der Waals surface area (Å²) < 4.78 is 1.27. The molecule has 1 fully saturated rings. The maximum absolute atomic E-state index is 12.3. The maximum Gasteiger partial charge on any atom is 0.262 e. The lowest BCUT2D eigenvalue weighted by atomic mass is 10.3. The average molecular weight is 334 g/mol. The standard InChI is InChI=1S/C15H18N4O3S/c1-10-6-11-14(23-10)17-9-19(15(11)22)8-12(20)16-7-13(21)18-4-2-3-5-18/h6,9H,2-5,7-8H2,1H3,(H,16,20). The summed E-state index contributed by atoms with van der Waals surface area (Å²) in [6.45, 7) is 3.26. The molecule has 2 aromatic rings. The summed E-state index contributed by atoms with van der Waals surface area (Å²) >= 11 is 1.45. The van der Waals surface area contributed by atoms with Gasteiger partial charge in [-0.1, -0.05) is 0 Å². The predicted octanol–water partition coefficient (Wildman–Crippen LogP) is 0.505. The molecule has 0 aromatic carbocycles. The third-order valence-corrected chi connectivity index (χ3v) is 4.81. The number of hydrogen-bond acceptors (Lipinski definition) is 5. The van der Waals surface area contributed by atoms with Gasteiger partial charge in [-0.15, -0.1) is 11.3 Å². The summed E-state index contributed by atoms with van der Waals surface area (Å²) in [5.41, 5.74) is -0.236. The van der Waals surface area contributed by atoms with E-state index in [9.17, 15) is 14.4 Å². The molecule has 3 rings (SSSR count). The van der Waals surface area contributed by atoms with Gasteiger partial charge in [-0.2, -0.15) is 0 Å². The highest BCUT2D eigenvalue weighted by molar-refractivity contribution is 7.18. The Hall–Kier alpha value is -2.22. The second kappa shape index (κ2) is 6.49. The van der Waals surface area contributed by atoms with Crippen molar-refractivity contribution >= 4 is 33.4 Å². The number of hydrogen-bond donors (Lipinski definition) is 1. The van der Waals surface area contributed by atoms with E-state index in [1.165, 1.54) is 22.2 Å². The Morgan fingerprint density at radius 3 is 2.83 bits per heavy atom. The minimum Gasteiger partial charge on any atom is -0.345 e. The van der Waals surface area contributed by atoms with E-state index >= 15 is 0 Å². The molecule has 2 amide bonds. The molecule has 1 N–H and O–H groups in total. The highest BCUT2D eigenvalue weighted by Gasteiger charge is 2.18. The van der Waals surface area contributed by atoms with Crippen LogP contribution in [0.5, 0.6) is 0 Å². The number of carbonyl (C=O) groups excluding carboxylic acids is 2. The van der Waals surface area contributed by atoms with Crippen molar-refractivity contribution in [2.24, 2.45) is 0 Å². The summed E-state index contributed by atoms with van der Waals surface area (Å²) in [5, 5.41) is 3.10.